The first-order valence-corrected chi connectivity index (χ1v) is 7.99. The molecule has 0 spiro atoms. The first-order chi connectivity index (χ1) is 9.75. The second-order valence-corrected chi connectivity index (χ2v) is 6.75. The largest absolute Gasteiger partial charge is 0.399 e. The number of aryl methyl sites for hydroxylation is 1. The number of nitrogens with zero attached hydrogens (tertiary/aromatic N) is 1. The van der Waals surface area contributed by atoms with Gasteiger partial charge in [0.25, 0.3) is 5.91 Å². The van der Waals surface area contributed by atoms with Gasteiger partial charge in [-0.2, -0.15) is 0 Å². The molecule has 0 saturated heterocycles. The fourth-order valence-electron chi connectivity index (χ4n) is 1.76. The number of nitrogen functional groups attached to an aromatic ring is 1. The number of carbonyl (C=O) groups is 1. The Morgan fingerprint density at radius 1 is 1.24 bits per heavy atom. The minimum absolute atomic E-state index is 0.00449. The van der Waals surface area contributed by atoms with Crippen LogP contribution in [0.5, 0.6) is 0 Å². The van der Waals surface area contributed by atoms with Crippen molar-refractivity contribution in [2.75, 3.05) is 17.3 Å². The van der Waals surface area contributed by atoms with E-state index in [-0.39, 0.29) is 16.1 Å². The summed E-state index contributed by atoms with van der Waals surface area (Å²) < 4.78 is 23.1. The molecule has 0 radical (unpaired) electrons. The summed E-state index contributed by atoms with van der Waals surface area (Å²) in [5, 5.41) is 2.60. The van der Waals surface area contributed by atoms with Crippen molar-refractivity contribution in [2.24, 2.45) is 0 Å². The van der Waals surface area contributed by atoms with Gasteiger partial charge in [0.1, 0.15) is 5.82 Å². The number of rotatable bonds is 3. The lowest BCUT2D eigenvalue weighted by Crippen LogP contribution is -2.14. The number of nitrogens with two attached hydrogens (primary N) is 1. The zero-order valence-corrected chi connectivity index (χ0v) is 12.4. The number of hydrogen-bond acceptors (Lipinski definition) is 5. The van der Waals surface area contributed by atoms with E-state index in [1.165, 1.54) is 18.2 Å². The molecule has 1 aromatic carbocycles. The molecule has 110 valence electrons. The molecule has 0 aliphatic carbocycles. The minimum atomic E-state index is -3.44. The molecule has 0 aliphatic heterocycles. The molecule has 1 aromatic heterocycles. The van der Waals surface area contributed by atoms with Gasteiger partial charge in [-0.3, -0.25) is 4.79 Å². The number of benzene rings is 1. The maximum Gasteiger partial charge on any atom is 0.256 e. The Morgan fingerprint density at radius 2 is 1.95 bits per heavy atom. The van der Waals surface area contributed by atoms with Gasteiger partial charge in [-0.1, -0.05) is 0 Å². The summed E-state index contributed by atoms with van der Waals surface area (Å²) in [5.74, 6) is -0.0753. The van der Waals surface area contributed by atoms with Gasteiger partial charge >= 0.3 is 0 Å². The van der Waals surface area contributed by atoms with E-state index in [4.69, 9.17) is 5.73 Å². The van der Waals surface area contributed by atoms with Crippen molar-refractivity contribution in [3.8, 4) is 0 Å². The lowest BCUT2D eigenvalue weighted by molar-refractivity contribution is 0.102. The van der Waals surface area contributed by atoms with E-state index in [0.717, 1.165) is 11.8 Å². The van der Waals surface area contributed by atoms with E-state index in [1.807, 2.05) is 6.92 Å². The van der Waals surface area contributed by atoms with Crippen LogP contribution < -0.4 is 11.1 Å². The average molecular weight is 305 g/mol. The van der Waals surface area contributed by atoms with Gasteiger partial charge in [0.2, 0.25) is 0 Å². The van der Waals surface area contributed by atoms with Crippen LogP contribution in [-0.2, 0) is 9.84 Å². The number of anilines is 2. The molecule has 0 saturated carbocycles. The molecule has 0 unspecified atom stereocenters. The molecule has 3 N–H and O–H groups in total. The van der Waals surface area contributed by atoms with Gasteiger partial charge < -0.3 is 11.1 Å². The van der Waals surface area contributed by atoms with Crippen LogP contribution in [0.3, 0.4) is 0 Å². The lowest BCUT2D eigenvalue weighted by atomic mass is 10.2. The molecular formula is C14H15N3O3S. The van der Waals surface area contributed by atoms with E-state index in [9.17, 15) is 13.2 Å². The normalized spacial score (nSPS) is 11.1. The molecule has 2 aromatic rings. The van der Waals surface area contributed by atoms with Crippen LogP contribution in [0.2, 0.25) is 0 Å². The Hall–Kier alpha value is -2.41. The Bertz CT molecular complexity index is 801. The van der Waals surface area contributed by atoms with E-state index >= 15 is 0 Å². The van der Waals surface area contributed by atoms with Crippen LogP contribution >= 0.6 is 0 Å². The van der Waals surface area contributed by atoms with E-state index in [0.29, 0.717) is 5.82 Å². The first kappa shape index (κ1) is 15.0. The van der Waals surface area contributed by atoms with Crippen LogP contribution in [-0.4, -0.2) is 25.6 Å². The molecule has 21 heavy (non-hydrogen) atoms. The minimum Gasteiger partial charge on any atom is -0.399 e. The molecule has 0 bridgehead atoms. The monoisotopic (exact) mass is 305 g/mol. The van der Waals surface area contributed by atoms with Gasteiger partial charge in [0.05, 0.1) is 4.90 Å². The van der Waals surface area contributed by atoms with Gasteiger partial charge in [-0.25, -0.2) is 13.4 Å². The molecular weight excluding hydrogens is 290 g/mol. The lowest BCUT2D eigenvalue weighted by Gasteiger charge is -2.08. The van der Waals surface area contributed by atoms with Crippen LogP contribution in [0, 0.1) is 6.92 Å². The number of carbonyl (C=O) groups excluding carboxylic acids is 1. The highest BCUT2D eigenvalue weighted by molar-refractivity contribution is 7.90. The fraction of sp³-hybridized carbons (Fsp3) is 0.143. The highest BCUT2D eigenvalue weighted by Gasteiger charge is 2.14. The Balaban J connectivity index is 2.33. The number of aromatic nitrogens is 1. The standard InChI is InChI=1S/C14H15N3O3S/c1-9-3-4-16-13(5-9)17-14(18)10-6-11(15)8-12(7-10)21(2,19)20/h3-8H,15H2,1-2H3,(H,16,17,18). The summed E-state index contributed by atoms with van der Waals surface area (Å²) in [7, 11) is -3.44. The maximum absolute atomic E-state index is 12.2. The third-order valence-electron chi connectivity index (χ3n) is 2.78. The highest BCUT2D eigenvalue weighted by Crippen LogP contribution is 2.18. The highest BCUT2D eigenvalue weighted by atomic mass is 32.2. The molecule has 0 fully saturated rings. The summed E-state index contributed by atoms with van der Waals surface area (Å²) in [6.45, 7) is 1.87. The summed E-state index contributed by atoms with van der Waals surface area (Å²) in [6, 6.07) is 7.53. The first-order valence-electron chi connectivity index (χ1n) is 6.10. The van der Waals surface area contributed by atoms with Crippen molar-refractivity contribution in [1.82, 2.24) is 4.98 Å². The SMILES string of the molecule is Cc1ccnc(NC(=O)c2cc(N)cc(S(C)(=O)=O)c2)c1. The van der Waals surface area contributed by atoms with Crippen LogP contribution in [0.1, 0.15) is 15.9 Å². The van der Waals surface area contributed by atoms with Crippen molar-refractivity contribution in [3.63, 3.8) is 0 Å². The predicted molar refractivity (Wildman–Crippen MR) is 80.9 cm³/mol. The third-order valence-corrected chi connectivity index (χ3v) is 3.87. The van der Waals surface area contributed by atoms with E-state index < -0.39 is 15.7 Å². The molecule has 1 amide bonds. The number of amides is 1. The number of hydrogen-bond donors (Lipinski definition) is 2. The number of pyridine rings is 1. The second kappa shape index (κ2) is 5.53. The maximum atomic E-state index is 12.2. The second-order valence-electron chi connectivity index (χ2n) is 4.74. The molecule has 0 atom stereocenters. The zero-order valence-electron chi connectivity index (χ0n) is 11.6. The van der Waals surface area contributed by atoms with Crippen molar-refractivity contribution in [3.05, 3.63) is 47.7 Å². The molecule has 6 nitrogen and oxygen atoms in total. The van der Waals surface area contributed by atoms with Crippen LogP contribution in [0.25, 0.3) is 0 Å². The Morgan fingerprint density at radius 3 is 2.57 bits per heavy atom. The Kier molecular flexibility index (Phi) is 3.95. The van der Waals surface area contributed by atoms with Gasteiger partial charge in [-0.05, 0) is 42.8 Å². The topological polar surface area (TPSA) is 102 Å². The van der Waals surface area contributed by atoms with Crippen molar-refractivity contribution < 1.29 is 13.2 Å². The predicted octanol–water partition coefficient (Wildman–Crippen LogP) is 1.63. The molecule has 0 aliphatic rings. The number of nitrogens with one attached hydrogen (secondary N) is 1. The summed E-state index contributed by atoms with van der Waals surface area (Å²) in [4.78, 5) is 16.2. The van der Waals surface area contributed by atoms with Gasteiger partial charge in [0.15, 0.2) is 9.84 Å². The summed E-state index contributed by atoms with van der Waals surface area (Å²) in [5.41, 5.74) is 6.97. The van der Waals surface area contributed by atoms with Gasteiger partial charge in [-0.15, -0.1) is 0 Å². The summed E-state index contributed by atoms with van der Waals surface area (Å²) in [6.07, 6.45) is 2.64. The van der Waals surface area contributed by atoms with Crippen molar-refractivity contribution in [2.45, 2.75) is 11.8 Å². The zero-order chi connectivity index (χ0) is 15.6. The molecule has 7 heteroatoms. The third kappa shape index (κ3) is 3.79. The van der Waals surface area contributed by atoms with Crippen LogP contribution in [0.4, 0.5) is 11.5 Å². The molecule has 1 heterocycles. The number of sulfone groups is 1. The van der Waals surface area contributed by atoms with Crippen molar-refractivity contribution >= 4 is 27.2 Å². The van der Waals surface area contributed by atoms with E-state index in [2.05, 4.69) is 10.3 Å². The van der Waals surface area contributed by atoms with Crippen LogP contribution in [0.15, 0.2) is 41.4 Å². The quantitative estimate of drug-likeness (QED) is 0.839. The molecule has 2 rings (SSSR count). The van der Waals surface area contributed by atoms with Crippen molar-refractivity contribution in [1.29, 1.82) is 0 Å². The van der Waals surface area contributed by atoms with Gasteiger partial charge in [0, 0.05) is 23.7 Å². The summed E-state index contributed by atoms with van der Waals surface area (Å²) >= 11 is 0. The average Bonchev–Trinajstić information content (AvgIpc) is 2.37. The smallest absolute Gasteiger partial charge is 0.256 e. The van der Waals surface area contributed by atoms with E-state index in [1.54, 1.807) is 18.3 Å². The fourth-order valence-corrected chi connectivity index (χ4v) is 2.45. The Labute approximate surface area is 122 Å².